The molecule has 5 nitrogen and oxygen atoms in total. The Hall–Kier alpha value is -3.47. The number of nitrogens with one attached hydrogen (secondary N) is 1. The maximum Gasteiger partial charge on any atom is 0.387 e. The van der Waals surface area contributed by atoms with Crippen molar-refractivity contribution >= 4 is 17.7 Å². The van der Waals surface area contributed by atoms with Crippen molar-refractivity contribution in [1.29, 1.82) is 5.26 Å². The molecular weight excluding hydrogens is 349 g/mol. The largest absolute Gasteiger partial charge is 0.493 e. The van der Waals surface area contributed by atoms with Crippen molar-refractivity contribution in [2.24, 2.45) is 0 Å². The number of rotatable bonds is 6. The Morgan fingerprint density at radius 1 is 1.23 bits per heavy atom. The summed E-state index contributed by atoms with van der Waals surface area (Å²) in [5.74, 6) is -1.64. The van der Waals surface area contributed by atoms with Crippen molar-refractivity contribution in [3.63, 3.8) is 0 Å². The van der Waals surface area contributed by atoms with E-state index in [-0.39, 0.29) is 22.8 Å². The van der Waals surface area contributed by atoms with Crippen LogP contribution in [0.15, 0.2) is 48.0 Å². The average Bonchev–Trinajstić information content (AvgIpc) is 2.62. The number of para-hydroxylation sites is 1. The lowest BCUT2D eigenvalue weighted by molar-refractivity contribution is -0.112. The molecule has 0 aliphatic heterocycles. The predicted molar refractivity (Wildman–Crippen MR) is 88.2 cm³/mol. The van der Waals surface area contributed by atoms with Crippen LogP contribution in [0.4, 0.5) is 18.9 Å². The van der Waals surface area contributed by atoms with E-state index in [1.54, 1.807) is 6.07 Å². The van der Waals surface area contributed by atoms with Crippen molar-refractivity contribution in [1.82, 2.24) is 0 Å². The van der Waals surface area contributed by atoms with E-state index >= 15 is 0 Å². The third kappa shape index (κ3) is 4.77. The van der Waals surface area contributed by atoms with Crippen LogP contribution in [0.1, 0.15) is 5.56 Å². The first-order valence-corrected chi connectivity index (χ1v) is 7.25. The Balaban J connectivity index is 2.26. The van der Waals surface area contributed by atoms with Crippen molar-refractivity contribution in [3.8, 4) is 17.6 Å². The molecule has 0 aliphatic rings. The number of nitriles is 1. The van der Waals surface area contributed by atoms with Crippen molar-refractivity contribution in [2.45, 2.75) is 6.61 Å². The zero-order valence-electron chi connectivity index (χ0n) is 13.5. The lowest BCUT2D eigenvalue weighted by atomic mass is 10.1. The zero-order valence-corrected chi connectivity index (χ0v) is 13.5. The van der Waals surface area contributed by atoms with E-state index < -0.39 is 18.3 Å². The number of carbonyl (C=O) groups is 1. The number of hydrogen-bond donors (Lipinski definition) is 1. The minimum atomic E-state index is -3.02. The molecule has 0 heterocycles. The summed E-state index contributed by atoms with van der Waals surface area (Å²) in [5.41, 5.74) is -0.0431. The average molecular weight is 362 g/mol. The van der Waals surface area contributed by atoms with Gasteiger partial charge in [0.05, 0.1) is 12.8 Å². The van der Waals surface area contributed by atoms with Crippen molar-refractivity contribution < 1.29 is 27.4 Å². The van der Waals surface area contributed by atoms with Crippen LogP contribution in [0.25, 0.3) is 6.08 Å². The highest BCUT2D eigenvalue weighted by molar-refractivity contribution is 6.09. The van der Waals surface area contributed by atoms with E-state index in [0.29, 0.717) is 5.56 Å². The first-order valence-electron chi connectivity index (χ1n) is 7.25. The van der Waals surface area contributed by atoms with Crippen LogP contribution in [-0.2, 0) is 4.79 Å². The van der Waals surface area contributed by atoms with Gasteiger partial charge in [0.1, 0.15) is 17.5 Å². The van der Waals surface area contributed by atoms with Crippen LogP contribution in [0.3, 0.4) is 0 Å². The van der Waals surface area contributed by atoms with Gasteiger partial charge in [-0.25, -0.2) is 4.39 Å². The molecule has 26 heavy (non-hydrogen) atoms. The normalized spacial score (nSPS) is 11.0. The number of alkyl halides is 2. The third-order valence-corrected chi connectivity index (χ3v) is 3.20. The zero-order chi connectivity index (χ0) is 19.1. The molecule has 0 atom stereocenters. The monoisotopic (exact) mass is 362 g/mol. The lowest BCUT2D eigenvalue weighted by Crippen LogP contribution is -2.14. The number of benzene rings is 2. The molecule has 0 fully saturated rings. The first-order chi connectivity index (χ1) is 12.4. The predicted octanol–water partition coefficient (Wildman–Crippen LogP) is 3.98. The van der Waals surface area contributed by atoms with E-state index in [4.69, 9.17) is 4.74 Å². The molecule has 0 radical (unpaired) electrons. The van der Waals surface area contributed by atoms with Crippen LogP contribution in [-0.4, -0.2) is 19.6 Å². The van der Waals surface area contributed by atoms with Gasteiger partial charge in [0.15, 0.2) is 11.5 Å². The van der Waals surface area contributed by atoms with Gasteiger partial charge in [-0.1, -0.05) is 18.2 Å². The van der Waals surface area contributed by atoms with E-state index in [1.807, 2.05) is 0 Å². The molecule has 0 aliphatic carbocycles. The molecule has 0 saturated carbocycles. The van der Waals surface area contributed by atoms with Gasteiger partial charge in [-0.3, -0.25) is 4.79 Å². The molecule has 0 spiro atoms. The maximum absolute atomic E-state index is 13.6. The standard InChI is InChI=1S/C18H13F3N2O3/c1-25-16-9-11(6-7-15(16)26-18(20)21)8-12(10-22)17(24)23-14-5-3-2-4-13(14)19/h2-9,18H,1H3,(H,23,24)/b12-8+. The number of anilines is 1. The van der Waals surface area contributed by atoms with Crippen LogP contribution < -0.4 is 14.8 Å². The number of hydrogen-bond acceptors (Lipinski definition) is 4. The summed E-state index contributed by atoms with van der Waals surface area (Å²) in [7, 11) is 1.26. The molecule has 0 unspecified atom stereocenters. The first kappa shape index (κ1) is 18.9. The molecule has 0 bridgehead atoms. The topological polar surface area (TPSA) is 71.3 Å². The number of halogens is 3. The summed E-state index contributed by atoms with van der Waals surface area (Å²) in [6.07, 6.45) is 1.21. The number of carbonyl (C=O) groups excluding carboxylic acids is 1. The SMILES string of the molecule is COc1cc(/C=C(\C#N)C(=O)Nc2ccccc2F)ccc1OC(F)F. The Morgan fingerprint density at radius 2 is 1.96 bits per heavy atom. The molecule has 0 saturated heterocycles. The lowest BCUT2D eigenvalue weighted by Gasteiger charge is -2.10. The summed E-state index contributed by atoms with van der Waals surface area (Å²) >= 11 is 0. The van der Waals surface area contributed by atoms with Crippen LogP contribution in [0.2, 0.25) is 0 Å². The highest BCUT2D eigenvalue weighted by Gasteiger charge is 2.14. The Bertz CT molecular complexity index is 876. The Kier molecular flexibility index (Phi) is 6.22. The Labute approximate surface area is 147 Å². The van der Waals surface area contributed by atoms with E-state index in [0.717, 1.165) is 6.07 Å². The Morgan fingerprint density at radius 3 is 2.58 bits per heavy atom. The highest BCUT2D eigenvalue weighted by atomic mass is 19.3. The molecule has 134 valence electrons. The second-order valence-electron chi connectivity index (χ2n) is 4.89. The van der Waals surface area contributed by atoms with Gasteiger partial charge in [0.25, 0.3) is 5.91 Å². The number of amides is 1. The smallest absolute Gasteiger partial charge is 0.387 e. The molecular formula is C18H13F3N2O3. The number of ether oxygens (including phenoxy) is 2. The van der Waals surface area contributed by atoms with Gasteiger partial charge < -0.3 is 14.8 Å². The van der Waals surface area contributed by atoms with Crippen LogP contribution in [0, 0.1) is 17.1 Å². The minimum Gasteiger partial charge on any atom is -0.493 e. The fourth-order valence-electron chi connectivity index (χ4n) is 2.03. The fourth-order valence-corrected chi connectivity index (χ4v) is 2.03. The van der Waals surface area contributed by atoms with Gasteiger partial charge in [-0.2, -0.15) is 14.0 Å². The van der Waals surface area contributed by atoms with Crippen LogP contribution >= 0.6 is 0 Å². The van der Waals surface area contributed by atoms with E-state index in [9.17, 15) is 23.2 Å². The third-order valence-electron chi connectivity index (χ3n) is 3.20. The summed E-state index contributed by atoms with van der Waals surface area (Å²) in [4.78, 5) is 12.1. The molecule has 0 aromatic heterocycles. The minimum absolute atomic E-state index is 0.00542. The summed E-state index contributed by atoms with van der Waals surface area (Å²) in [5, 5.41) is 11.5. The van der Waals surface area contributed by atoms with Gasteiger partial charge in [-0.15, -0.1) is 0 Å². The number of nitrogens with zero attached hydrogens (tertiary/aromatic N) is 1. The van der Waals surface area contributed by atoms with Gasteiger partial charge in [0.2, 0.25) is 0 Å². The van der Waals surface area contributed by atoms with Gasteiger partial charge in [0, 0.05) is 0 Å². The molecule has 2 aromatic carbocycles. The molecule has 1 N–H and O–H groups in total. The summed E-state index contributed by atoms with van der Waals surface area (Å²) < 4.78 is 47.5. The van der Waals surface area contributed by atoms with Gasteiger partial charge >= 0.3 is 6.61 Å². The highest BCUT2D eigenvalue weighted by Crippen LogP contribution is 2.30. The van der Waals surface area contributed by atoms with Crippen molar-refractivity contribution in [2.75, 3.05) is 12.4 Å². The molecule has 8 heteroatoms. The molecule has 1 amide bonds. The fraction of sp³-hybridized carbons (Fsp3) is 0.111. The van der Waals surface area contributed by atoms with E-state index in [1.165, 1.54) is 49.6 Å². The summed E-state index contributed by atoms with van der Waals surface area (Å²) in [6.45, 7) is -3.02. The maximum atomic E-state index is 13.6. The summed E-state index contributed by atoms with van der Waals surface area (Å²) in [6, 6.07) is 11.1. The van der Waals surface area contributed by atoms with E-state index in [2.05, 4.69) is 10.1 Å². The quantitative estimate of drug-likeness (QED) is 0.623. The number of methoxy groups -OCH3 is 1. The molecule has 2 aromatic rings. The second-order valence-corrected chi connectivity index (χ2v) is 4.89. The molecule has 2 rings (SSSR count). The second kappa shape index (κ2) is 8.58. The van der Waals surface area contributed by atoms with Gasteiger partial charge in [-0.05, 0) is 35.9 Å². The van der Waals surface area contributed by atoms with Crippen molar-refractivity contribution in [3.05, 3.63) is 59.4 Å². The van der Waals surface area contributed by atoms with Crippen LogP contribution in [0.5, 0.6) is 11.5 Å².